The molecule has 0 aliphatic carbocycles. The second-order valence-corrected chi connectivity index (χ2v) is 11.9. The number of aromatic nitrogens is 4. The molecule has 11 heteroatoms. The molecule has 1 aliphatic heterocycles. The van der Waals surface area contributed by atoms with Crippen molar-refractivity contribution in [2.45, 2.75) is 51.0 Å². The van der Waals surface area contributed by atoms with E-state index >= 15 is 0 Å². The summed E-state index contributed by atoms with van der Waals surface area (Å²) >= 11 is 0. The van der Waals surface area contributed by atoms with Gasteiger partial charge >= 0.3 is 0 Å². The van der Waals surface area contributed by atoms with Crippen LogP contribution in [0.1, 0.15) is 61.6 Å². The lowest BCUT2D eigenvalue weighted by molar-refractivity contribution is 0.0857. The van der Waals surface area contributed by atoms with Gasteiger partial charge in [-0.15, -0.1) is 0 Å². The first kappa shape index (κ1) is 34.0. The maximum absolute atomic E-state index is 13.3. The first-order valence-corrected chi connectivity index (χ1v) is 16.6. The van der Waals surface area contributed by atoms with Crippen LogP contribution in [0.15, 0.2) is 73.1 Å². The van der Waals surface area contributed by atoms with Crippen molar-refractivity contribution in [2.75, 3.05) is 63.8 Å². The Balaban J connectivity index is 1.14. The first-order valence-electron chi connectivity index (χ1n) is 16.6. The largest absolute Gasteiger partial charge is 0.494 e. The van der Waals surface area contributed by atoms with Gasteiger partial charge in [0, 0.05) is 80.5 Å². The van der Waals surface area contributed by atoms with Gasteiger partial charge in [0.2, 0.25) is 0 Å². The van der Waals surface area contributed by atoms with Crippen LogP contribution >= 0.6 is 0 Å². The highest BCUT2D eigenvalue weighted by molar-refractivity contribution is 6.04. The number of rotatable bonds is 18. The Hall–Kier alpha value is -4.32. The Labute approximate surface area is 277 Å². The normalized spacial score (nSPS) is 14.5. The molecule has 4 aromatic rings. The number of nitrogens with zero attached hydrogens (tertiary/aromatic N) is 4. The molecule has 0 radical (unpaired) electrons. The monoisotopic (exact) mass is 641 g/mol. The van der Waals surface area contributed by atoms with E-state index in [0.717, 1.165) is 101 Å². The predicted octanol–water partition coefficient (Wildman–Crippen LogP) is 6.14. The molecular formula is C36H47N7O4. The van der Waals surface area contributed by atoms with Gasteiger partial charge < -0.3 is 29.7 Å². The summed E-state index contributed by atoms with van der Waals surface area (Å²) in [4.78, 5) is 24.7. The van der Waals surface area contributed by atoms with Gasteiger partial charge in [-0.2, -0.15) is 5.10 Å². The molecule has 3 N–H and O–H groups in total. The Morgan fingerprint density at radius 1 is 0.894 bits per heavy atom. The number of carbonyl (C=O) groups is 1. The molecule has 250 valence electrons. The molecule has 1 aliphatic rings. The summed E-state index contributed by atoms with van der Waals surface area (Å²) in [6.45, 7) is 7.43. The molecule has 3 heterocycles. The van der Waals surface area contributed by atoms with E-state index in [-0.39, 0.29) is 5.91 Å². The molecule has 11 nitrogen and oxygen atoms in total. The number of piperidine rings is 1. The van der Waals surface area contributed by atoms with Crippen molar-refractivity contribution in [2.24, 2.45) is 0 Å². The number of H-pyrrole nitrogens is 1. The van der Waals surface area contributed by atoms with Crippen LogP contribution in [0, 0.1) is 0 Å². The first-order chi connectivity index (χ1) is 23.0. The van der Waals surface area contributed by atoms with E-state index in [2.05, 4.69) is 37.8 Å². The third-order valence-corrected chi connectivity index (χ3v) is 8.30. The number of hydrogen-bond donors (Lipinski definition) is 3. The SMILES string of the molecule is CCOCCCOCCCCCOc1cccc(NC(=O)c2cccc(NC3(c4nc(-c5ccncc5)n[nH]4)CCN(C)CC3)c2)c1. The number of ether oxygens (including phenoxy) is 3. The van der Waals surface area contributed by atoms with Crippen LogP contribution in [0.5, 0.6) is 5.75 Å². The summed E-state index contributed by atoms with van der Waals surface area (Å²) in [6.07, 6.45) is 9.06. The molecule has 0 unspecified atom stereocenters. The van der Waals surface area contributed by atoms with E-state index in [4.69, 9.17) is 19.2 Å². The molecule has 0 saturated carbocycles. The standard InChI is InChI=1S/C36H47N7O4/c1-3-45-23-9-24-46-22-5-4-6-25-47-32-13-8-11-30(27-32)38-34(44)29-10-7-12-31(26-29)40-36(16-20-43(2)21-17-36)35-39-33(41-42-35)28-14-18-37-19-15-28/h7-8,10-15,18-19,26-27,40H,3-6,9,16-17,20-25H2,1-2H3,(H,38,44)(H,39,41,42). The highest BCUT2D eigenvalue weighted by Crippen LogP contribution is 2.35. The lowest BCUT2D eigenvalue weighted by Crippen LogP contribution is -2.46. The van der Waals surface area contributed by atoms with E-state index in [1.807, 2.05) is 67.6 Å². The second-order valence-electron chi connectivity index (χ2n) is 11.9. The van der Waals surface area contributed by atoms with Crippen molar-refractivity contribution in [3.63, 3.8) is 0 Å². The fourth-order valence-electron chi connectivity index (χ4n) is 5.59. The van der Waals surface area contributed by atoms with Crippen molar-refractivity contribution in [1.29, 1.82) is 0 Å². The summed E-state index contributed by atoms with van der Waals surface area (Å²) < 4.78 is 16.9. The number of likely N-dealkylation sites (tertiary alicyclic amines) is 1. The van der Waals surface area contributed by atoms with Crippen LogP contribution in [0.3, 0.4) is 0 Å². The van der Waals surface area contributed by atoms with Gasteiger partial charge in [-0.05, 0) is 95.0 Å². The average molecular weight is 642 g/mol. The number of pyridine rings is 1. The van der Waals surface area contributed by atoms with Crippen LogP contribution in [-0.2, 0) is 15.0 Å². The van der Waals surface area contributed by atoms with Crippen molar-refractivity contribution in [1.82, 2.24) is 25.1 Å². The quantitative estimate of drug-likeness (QED) is 0.110. The van der Waals surface area contributed by atoms with Gasteiger partial charge in [0.05, 0.1) is 12.1 Å². The number of nitrogens with one attached hydrogen (secondary N) is 3. The van der Waals surface area contributed by atoms with Gasteiger partial charge in [0.1, 0.15) is 5.75 Å². The van der Waals surface area contributed by atoms with Gasteiger partial charge in [0.15, 0.2) is 11.6 Å². The number of hydrogen-bond acceptors (Lipinski definition) is 9. The molecule has 5 rings (SSSR count). The topological polar surface area (TPSA) is 127 Å². The molecule has 0 atom stereocenters. The third-order valence-electron chi connectivity index (χ3n) is 8.30. The number of anilines is 2. The minimum absolute atomic E-state index is 0.191. The van der Waals surface area contributed by atoms with Crippen molar-refractivity contribution >= 4 is 17.3 Å². The number of carbonyl (C=O) groups excluding carboxylic acids is 1. The summed E-state index contributed by atoms with van der Waals surface area (Å²) in [6, 6.07) is 18.9. The minimum Gasteiger partial charge on any atom is -0.494 e. The summed E-state index contributed by atoms with van der Waals surface area (Å²) in [7, 11) is 2.13. The highest BCUT2D eigenvalue weighted by atomic mass is 16.5. The smallest absolute Gasteiger partial charge is 0.255 e. The number of amides is 1. The van der Waals surface area contributed by atoms with Crippen LogP contribution in [-0.4, -0.2) is 84.1 Å². The Morgan fingerprint density at radius 2 is 1.64 bits per heavy atom. The fraction of sp³-hybridized carbons (Fsp3) is 0.444. The fourth-order valence-corrected chi connectivity index (χ4v) is 5.59. The zero-order chi connectivity index (χ0) is 32.7. The molecule has 0 spiro atoms. The highest BCUT2D eigenvalue weighted by Gasteiger charge is 2.38. The van der Waals surface area contributed by atoms with Crippen molar-refractivity contribution in [3.05, 3.63) is 84.4 Å². The maximum Gasteiger partial charge on any atom is 0.255 e. The second kappa shape index (κ2) is 17.6. The Kier molecular flexibility index (Phi) is 12.7. The maximum atomic E-state index is 13.3. The van der Waals surface area contributed by atoms with Crippen molar-refractivity contribution in [3.8, 4) is 17.1 Å². The zero-order valence-electron chi connectivity index (χ0n) is 27.5. The molecule has 0 bridgehead atoms. The van der Waals surface area contributed by atoms with E-state index in [1.54, 1.807) is 12.4 Å². The lowest BCUT2D eigenvalue weighted by Gasteiger charge is -2.40. The summed E-state index contributed by atoms with van der Waals surface area (Å²) in [5.41, 5.74) is 2.53. The van der Waals surface area contributed by atoms with Gasteiger partial charge in [0.25, 0.3) is 5.91 Å². The van der Waals surface area contributed by atoms with E-state index < -0.39 is 5.54 Å². The third kappa shape index (κ3) is 10.1. The predicted molar refractivity (Wildman–Crippen MR) is 184 cm³/mol. The van der Waals surface area contributed by atoms with Crippen LogP contribution in [0.4, 0.5) is 11.4 Å². The molecule has 1 fully saturated rings. The van der Waals surface area contributed by atoms with Gasteiger partial charge in [-0.25, -0.2) is 4.98 Å². The van der Waals surface area contributed by atoms with Crippen LogP contribution in [0.2, 0.25) is 0 Å². The Morgan fingerprint density at radius 3 is 2.47 bits per heavy atom. The molecule has 2 aromatic heterocycles. The van der Waals surface area contributed by atoms with Gasteiger partial charge in [-0.1, -0.05) is 12.1 Å². The van der Waals surface area contributed by atoms with E-state index in [1.165, 1.54) is 0 Å². The minimum atomic E-state index is -0.456. The molecule has 47 heavy (non-hydrogen) atoms. The van der Waals surface area contributed by atoms with E-state index in [0.29, 0.717) is 23.7 Å². The zero-order valence-corrected chi connectivity index (χ0v) is 27.5. The van der Waals surface area contributed by atoms with E-state index in [9.17, 15) is 4.79 Å². The number of benzene rings is 2. The molecule has 1 amide bonds. The Bertz CT molecular complexity index is 1520. The number of aromatic amines is 1. The van der Waals surface area contributed by atoms with Gasteiger partial charge in [-0.3, -0.25) is 14.9 Å². The lowest BCUT2D eigenvalue weighted by atomic mass is 9.86. The summed E-state index contributed by atoms with van der Waals surface area (Å²) in [5.74, 6) is 1.96. The van der Waals surface area contributed by atoms with Crippen LogP contribution < -0.4 is 15.4 Å². The van der Waals surface area contributed by atoms with Crippen LogP contribution in [0.25, 0.3) is 11.4 Å². The molecular weight excluding hydrogens is 594 g/mol. The molecule has 2 aromatic carbocycles. The average Bonchev–Trinajstić information content (AvgIpc) is 3.61. The summed E-state index contributed by atoms with van der Waals surface area (Å²) in [5, 5.41) is 14.5. The molecule has 1 saturated heterocycles. The number of unbranched alkanes of at least 4 members (excludes halogenated alkanes) is 2. The van der Waals surface area contributed by atoms with Crippen molar-refractivity contribution < 1.29 is 19.0 Å².